The first kappa shape index (κ1) is 8.07. The fourth-order valence-electron chi connectivity index (χ4n) is 0.617. The topological polar surface area (TPSA) is 55.5 Å². The van der Waals surface area contributed by atoms with Crippen molar-refractivity contribution in [2.45, 2.75) is 26.6 Å². The average Bonchev–Trinajstić information content (AvgIpc) is 2.34. The molecule has 0 aliphatic heterocycles. The smallest absolute Gasteiger partial charge is 0.394 e. The molecule has 0 amide bonds. The van der Waals surface area contributed by atoms with E-state index in [4.69, 9.17) is 14.3 Å². The summed E-state index contributed by atoms with van der Waals surface area (Å²) in [6.07, 6.45) is 1.63. The van der Waals surface area contributed by atoms with Gasteiger partial charge in [-0.05, 0) is 13.8 Å². The summed E-state index contributed by atoms with van der Waals surface area (Å²) in [4.78, 5) is 3.83. The van der Waals surface area contributed by atoms with E-state index in [9.17, 15) is 0 Å². The first-order chi connectivity index (χ1) is 5.22. The van der Waals surface area contributed by atoms with Crippen molar-refractivity contribution in [3.05, 3.63) is 12.0 Å². The van der Waals surface area contributed by atoms with E-state index in [1.54, 1.807) is 0 Å². The molecule has 0 saturated heterocycles. The normalized spacial score (nSPS) is 10.5. The third-order valence-electron chi connectivity index (χ3n) is 1.03. The molecule has 0 spiro atoms. The van der Waals surface area contributed by atoms with Crippen LogP contribution in [0.4, 0.5) is 0 Å². The number of nitrogens with zero attached hydrogens (tertiary/aromatic N) is 1. The van der Waals surface area contributed by atoms with Gasteiger partial charge in [-0.25, -0.2) is 0 Å². The highest BCUT2D eigenvalue weighted by Gasteiger charge is 2.04. The highest BCUT2D eigenvalue weighted by molar-refractivity contribution is 4.97. The quantitative estimate of drug-likeness (QED) is 0.709. The molecule has 0 aliphatic rings. The van der Waals surface area contributed by atoms with Gasteiger partial charge in [0.2, 0.25) is 0 Å². The Balaban J connectivity index is 2.58. The summed E-state index contributed by atoms with van der Waals surface area (Å²) in [5.74, 6) is 0. The van der Waals surface area contributed by atoms with Crippen LogP contribution in [0.1, 0.15) is 19.5 Å². The molecular weight excluding hydrogens is 146 g/mol. The number of aliphatic hydroxyl groups excluding tert-OH is 1. The summed E-state index contributed by atoms with van der Waals surface area (Å²) in [5, 5.41) is 8.61. The van der Waals surface area contributed by atoms with Gasteiger partial charge in [-0.3, -0.25) is 0 Å². The second-order valence-electron chi connectivity index (χ2n) is 2.43. The number of ether oxygens (including phenoxy) is 1. The highest BCUT2D eigenvalue weighted by atomic mass is 16.6. The predicted molar refractivity (Wildman–Crippen MR) is 38.2 cm³/mol. The molecule has 0 atom stereocenters. The van der Waals surface area contributed by atoms with E-state index in [-0.39, 0.29) is 18.8 Å². The molecule has 0 aromatic carbocycles. The van der Waals surface area contributed by atoms with Crippen molar-refractivity contribution in [1.82, 2.24) is 4.98 Å². The molecule has 0 radical (unpaired) electrons. The minimum atomic E-state index is -0.120. The van der Waals surface area contributed by atoms with Crippen molar-refractivity contribution in [3.63, 3.8) is 0 Å². The fourth-order valence-corrected chi connectivity index (χ4v) is 0.617. The maximum Gasteiger partial charge on any atom is 0.394 e. The Labute approximate surface area is 64.8 Å². The van der Waals surface area contributed by atoms with Crippen LogP contribution in [0.5, 0.6) is 6.08 Å². The third-order valence-corrected chi connectivity index (χ3v) is 1.03. The van der Waals surface area contributed by atoms with E-state index in [1.165, 1.54) is 6.26 Å². The van der Waals surface area contributed by atoms with Gasteiger partial charge in [0.15, 0.2) is 0 Å². The molecule has 0 saturated carbocycles. The number of hydrogen-bond acceptors (Lipinski definition) is 4. The van der Waals surface area contributed by atoms with Crippen molar-refractivity contribution in [2.24, 2.45) is 0 Å². The molecule has 62 valence electrons. The van der Waals surface area contributed by atoms with E-state index in [0.29, 0.717) is 5.69 Å². The summed E-state index contributed by atoms with van der Waals surface area (Å²) < 4.78 is 9.98. The van der Waals surface area contributed by atoms with Crippen molar-refractivity contribution < 1.29 is 14.3 Å². The van der Waals surface area contributed by atoms with Crippen LogP contribution in [0.3, 0.4) is 0 Å². The maximum atomic E-state index is 8.61. The van der Waals surface area contributed by atoms with Crippen LogP contribution < -0.4 is 4.74 Å². The zero-order valence-corrected chi connectivity index (χ0v) is 6.57. The molecule has 0 bridgehead atoms. The largest absolute Gasteiger partial charge is 0.447 e. The summed E-state index contributed by atoms with van der Waals surface area (Å²) in [7, 11) is 0. The highest BCUT2D eigenvalue weighted by Crippen LogP contribution is 2.11. The van der Waals surface area contributed by atoms with E-state index in [2.05, 4.69) is 4.98 Å². The lowest BCUT2D eigenvalue weighted by Gasteiger charge is -2.02. The Hall–Kier alpha value is -1.03. The number of aliphatic hydroxyl groups is 1. The van der Waals surface area contributed by atoms with Gasteiger partial charge in [-0.15, -0.1) is 0 Å². The molecule has 1 heterocycles. The third kappa shape index (κ3) is 2.23. The minimum absolute atomic E-state index is 0.0418. The minimum Gasteiger partial charge on any atom is -0.447 e. The summed E-state index contributed by atoms with van der Waals surface area (Å²) in [5.41, 5.74) is 0.487. The lowest BCUT2D eigenvalue weighted by molar-refractivity contribution is 0.175. The van der Waals surface area contributed by atoms with Crippen LogP contribution in [0.15, 0.2) is 10.7 Å². The molecule has 4 nitrogen and oxygen atoms in total. The van der Waals surface area contributed by atoms with Gasteiger partial charge >= 0.3 is 6.08 Å². The molecule has 4 heteroatoms. The van der Waals surface area contributed by atoms with Crippen LogP contribution in [-0.4, -0.2) is 16.2 Å². The Morgan fingerprint density at radius 2 is 2.45 bits per heavy atom. The molecular formula is C7H11NO3. The molecule has 0 fully saturated rings. The molecule has 1 aromatic rings. The summed E-state index contributed by atoms with van der Waals surface area (Å²) in [6.45, 7) is 3.64. The van der Waals surface area contributed by atoms with E-state index < -0.39 is 0 Å². The first-order valence-electron chi connectivity index (χ1n) is 3.44. The van der Waals surface area contributed by atoms with Crippen molar-refractivity contribution in [3.8, 4) is 6.08 Å². The van der Waals surface area contributed by atoms with Crippen molar-refractivity contribution in [1.29, 1.82) is 0 Å². The van der Waals surface area contributed by atoms with Crippen molar-refractivity contribution in [2.75, 3.05) is 0 Å². The van der Waals surface area contributed by atoms with Crippen LogP contribution in [-0.2, 0) is 6.61 Å². The SMILES string of the molecule is CC(C)Oc1nc(CO)co1. The Morgan fingerprint density at radius 3 is 2.91 bits per heavy atom. The van der Waals surface area contributed by atoms with Crippen LogP contribution >= 0.6 is 0 Å². The molecule has 1 aromatic heterocycles. The standard InChI is InChI=1S/C7H11NO3/c1-5(2)11-7-8-6(3-9)4-10-7/h4-5,9H,3H2,1-2H3. The monoisotopic (exact) mass is 157 g/mol. The predicted octanol–water partition coefficient (Wildman–Crippen LogP) is 0.954. The van der Waals surface area contributed by atoms with E-state index in [1.807, 2.05) is 13.8 Å². The zero-order valence-electron chi connectivity index (χ0n) is 6.57. The molecule has 1 rings (SSSR count). The Kier molecular flexibility index (Phi) is 2.48. The molecule has 1 N–H and O–H groups in total. The zero-order chi connectivity index (χ0) is 8.27. The summed E-state index contributed by atoms with van der Waals surface area (Å²) in [6, 6.07) is 0. The van der Waals surface area contributed by atoms with Crippen LogP contribution in [0, 0.1) is 0 Å². The molecule has 0 aliphatic carbocycles. The number of aromatic nitrogens is 1. The second kappa shape index (κ2) is 3.39. The van der Waals surface area contributed by atoms with Gasteiger partial charge in [0.1, 0.15) is 12.0 Å². The average molecular weight is 157 g/mol. The number of hydrogen-bond donors (Lipinski definition) is 1. The lowest BCUT2D eigenvalue weighted by Crippen LogP contribution is -2.05. The van der Waals surface area contributed by atoms with Gasteiger partial charge in [-0.1, -0.05) is 0 Å². The van der Waals surface area contributed by atoms with E-state index >= 15 is 0 Å². The van der Waals surface area contributed by atoms with Gasteiger partial charge in [0, 0.05) is 0 Å². The number of rotatable bonds is 3. The second-order valence-corrected chi connectivity index (χ2v) is 2.43. The van der Waals surface area contributed by atoms with Gasteiger partial charge < -0.3 is 14.3 Å². The lowest BCUT2D eigenvalue weighted by atomic mass is 10.5. The maximum absolute atomic E-state index is 8.61. The van der Waals surface area contributed by atoms with Gasteiger partial charge in [-0.2, -0.15) is 4.98 Å². The molecule has 0 unspecified atom stereocenters. The first-order valence-corrected chi connectivity index (χ1v) is 3.44. The van der Waals surface area contributed by atoms with Crippen LogP contribution in [0.2, 0.25) is 0 Å². The Morgan fingerprint density at radius 1 is 1.73 bits per heavy atom. The van der Waals surface area contributed by atoms with Crippen LogP contribution in [0.25, 0.3) is 0 Å². The summed E-state index contributed by atoms with van der Waals surface area (Å²) >= 11 is 0. The van der Waals surface area contributed by atoms with Gasteiger partial charge in [0.25, 0.3) is 0 Å². The molecule has 11 heavy (non-hydrogen) atoms. The Bertz CT molecular complexity index is 219. The fraction of sp³-hybridized carbons (Fsp3) is 0.571. The number of oxazole rings is 1. The van der Waals surface area contributed by atoms with Crippen molar-refractivity contribution >= 4 is 0 Å². The van der Waals surface area contributed by atoms with Gasteiger partial charge in [0.05, 0.1) is 12.7 Å². The van der Waals surface area contributed by atoms with E-state index in [0.717, 1.165) is 0 Å².